The summed E-state index contributed by atoms with van der Waals surface area (Å²) in [5.74, 6) is 2.84. The van der Waals surface area contributed by atoms with E-state index in [4.69, 9.17) is 0 Å². The first-order valence-corrected chi connectivity index (χ1v) is 5.03. The van der Waals surface area contributed by atoms with Gasteiger partial charge in [0, 0.05) is 12.8 Å². The van der Waals surface area contributed by atoms with Gasteiger partial charge in [0.05, 0.1) is 0 Å². The van der Waals surface area contributed by atoms with Gasteiger partial charge >= 0.3 is 0 Å². The third-order valence-electron chi connectivity index (χ3n) is 3.09. The second-order valence-corrected chi connectivity index (χ2v) is 4.20. The maximum absolute atomic E-state index is 4.26. The Morgan fingerprint density at radius 2 is 2.33 bits per heavy atom. The Bertz CT molecular complexity index is 205. The Morgan fingerprint density at radius 1 is 1.50 bits per heavy atom. The molecule has 0 amide bonds. The smallest absolute Gasteiger partial charge is 0.0394 e. The highest BCUT2D eigenvalue weighted by Gasteiger charge is 2.33. The predicted octanol–water partition coefficient (Wildman–Crippen LogP) is 2.68. The van der Waals surface area contributed by atoms with Crippen LogP contribution in [-0.2, 0) is 0 Å². The van der Waals surface area contributed by atoms with Crippen molar-refractivity contribution in [1.82, 2.24) is 0 Å². The molecule has 3 atom stereocenters. The first kappa shape index (κ1) is 8.03. The molecule has 0 aromatic heterocycles. The average molecular weight is 163 g/mol. The van der Waals surface area contributed by atoms with Crippen LogP contribution in [0.4, 0.5) is 0 Å². The van der Waals surface area contributed by atoms with Gasteiger partial charge in [-0.1, -0.05) is 13.0 Å². The number of aliphatic imine (C=N–C) groups is 1. The van der Waals surface area contributed by atoms with Gasteiger partial charge in [-0.25, -0.2) is 0 Å². The molecule has 1 saturated carbocycles. The molecule has 1 aliphatic heterocycles. The summed E-state index contributed by atoms with van der Waals surface area (Å²) < 4.78 is 0. The van der Waals surface area contributed by atoms with E-state index in [1.54, 1.807) is 0 Å². The zero-order valence-corrected chi connectivity index (χ0v) is 7.74. The molecule has 0 aromatic rings. The molecule has 1 heterocycles. The molecule has 1 nitrogen and oxygen atoms in total. The van der Waals surface area contributed by atoms with Crippen LogP contribution in [0.2, 0.25) is 0 Å². The minimum atomic E-state index is 0.808. The lowest BCUT2D eigenvalue weighted by Crippen LogP contribution is -1.99. The van der Waals surface area contributed by atoms with Crippen molar-refractivity contribution >= 4 is 6.21 Å². The summed E-state index contributed by atoms with van der Waals surface area (Å²) in [6, 6.07) is 0. The quantitative estimate of drug-likeness (QED) is 0.593. The van der Waals surface area contributed by atoms with Gasteiger partial charge in [0.25, 0.3) is 0 Å². The van der Waals surface area contributed by atoms with Crippen LogP contribution in [0.3, 0.4) is 0 Å². The van der Waals surface area contributed by atoms with E-state index in [1.165, 1.54) is 19.3 Å². The predicted molar refractivity (Wildman–Crippen MR) is 52.5 cm³/mol. The Balaban J connectivity index is 1.80. The van der Waals surface area contributed by atoms with Crippen molar-refractivity contribution in [2.45, 2.75) is 26.2 Å². The molecular formula is C11H17N. The first-order valence-electron chi connectivity index (χ1n) is 5.03. The van der Waals surface area contributed by atoms with Crippen molar-refractivity contribution < 1.29 is 0 Å². The molecule has 66 valence electrons. The third kappa shape index (κ3) is 1.96. The maximum atomic E-state index is 4.26. The van der Waals surface area contributed by atoms with Gasteiger partial charge in [-0.2, -0.15) is 0 Å². The van der Waals surface area contributed by atoms with Gasteiger partial charge < -0.3 is 0 Å². The fraction of sp³-hybridized carbons (Fsp3) is 0.727. The van der Waals surface area contributed by atoms with Crippen molar-refractivity contribution in [3.05, 3.63) is 12.2 Å². The van der Waals surface area contributed by atoms with Crippen LogP contribution in [0.15, 0.2) is 17.1 Å². The molecule has 2 aliphatic rings. The molecule has 0 saturated heterocycles. The van der Waals surface area contributed by atoms with Gasteiger partial charge in [0.2, 0.25) is 0 Å². The summed E-state index contributed by atoms with van der Waals surface area (Å²) in [6.07, 6.45) is 10.5. The van der Waals surface area contributed by atoms with Gasteiger partial charge in [-0.05, 0) is 43.1 Å². The van der Waals surface area contributed by atoms with Crippen molar-refractivity contribution in [1.29, 1.82) is 0 Å². The molecule has 1 heteroatoms. The van der Waals surface area contributed by atoms with Crippen LogP contribution in [-0.4, -0.2) is 12.8 Å². The molecule has 0 N–H and O–H groups in total. The Hall–Kier alpha value is -0.590. The van der Waals surface area contributed by atoms with Crippen molar-refractivity contribution in [3.63, 3.8) is 0 Å². The topological polar surface area (TPSA) is 12.4 Å². The summed E-state index contributed by atoms with van der Waals surface area (Å²) >= 11 is 0. The van der Waals surface area contributed by atoms with E-state index in [0.717, 1.165) is 24.3 Å². The molecule has 3 unspecified atom stereocenters. The summed E-state index contributed by atoms with van der Waals surface area (Å²) in [5.41, 5.74) is 0. The molecule has 1 aliphatic carbocycles. The highest BCUT2D eigenvalue weighted by Crippen LogP contribution is 2.43. The minimum Gasteiger partial charge on any atom is -0.293 e. The minimum absolute atomic E-state index is 0.808. The zero-order valence-electron chi connectivity index (χ0n) is 7.74. The lowest BCUT2D eigenvalue weighted by Gasteiger charge is -2.08. The highest BCUT2D eigenvalue weighted by molar-refractivity contribution is 5.71. The Morgan fingerprint density at radius 3 is 3.08 bits per heavy atom. The molecule has 0 spiro atoms. The van der Waals surface area contributed by atoms with Crippen LogP contribution in [0.5, 0.6) is 0 Å². The standard InChI is InChI=1S/C11H17N/c1-9-7-11(9)8-10-3-2-5-12-6-4-10/h2-3,5,9-11H,4,6-8H2,1H3. The van der Waals surface area contributed by atoms with E-state index in [2.05, 4.69) is 24.1 Å². The number of hydrogen-bond acceptors (Lipinski definition) is 1. The lowest BCUT2D eigenvalue weighted by molar-refractivity contribution is 0.503. The van der Waals surface area contributed by atoms with E-state index in [-0.39, 0.29) is 0 Å². The first-order chi connectivity index (χ1) is 5.86. The fourth-order valence-corrected chi connectivity index (χ4v) is 1.99. The number of nitrogens with zero attached hydrogens (tertiary/aromatic N) is 1. The van der Waals surface area contributed by atoms with Crippen LogP contribution in [0, 0.1) is 17.8 Å². The third-order valence-corrected chi connectivity index (χ3v) is 3.09. The maximum Gasteiger partial charge on any atom is 0.0394 e. The Labute approximate surface area is 74.6 Å². The average Bonchev–Trinajstić information content (AvgIpc) is 2.78. The van der Waals surface area contributed by atoms with Crippen LogP contribution < -0.4 is 0 Å². The van der Waals surface area contributed by atoms with Gasteiger partial charge in [0.1, 0.15) is 0 Å². The summed E-state index contributed by atoms with van der Waals surface area (Å²) in [4.78, 5) is 4.26. The van der Waals surface area contributed by atoms with E-state index < -0.39 is 0 Å². The monoisotopic (exact) mass is 163 g/mol. The summed E-state index contributed by atoms with van der Waals surface area (Å²) in [6.45, 7) is 3.39. The van der Waals surface area contributed by atoms with Crippen LogP contribution in [0.1, 0.15) is 26.2 Å². The molecule has 12 heavy (non-hydrogen) atoms. The zero-order chi connectivity index (χ0) is 8.39. The number of allylic oxidation sites excluding steroid dienone is 2. The highest BCUT2D eigenvalue weighted by atomic mass is 14.7. The van der Waals surface area contributed by atoms with Gasteiger partial charge in [-0.3, -0.25) is 4.99 Å². The molecule has 0 bridgehead atoms. The van der Waals surface area contributed by atoms with E-state index >= 15 is 0 Å². The molecule has 0 aromatic carbocycles. The largest absolute Gasteiger partial charge is 0.293 e. The molecule has 2 rings (SSSR count). The number of hydrogen-bond donors (Lipinski definition) is 0. The van der Waals surface area contributed by atoms with Crippen LogP contribution in [0.25, 0.3) is 0 Å². The SMILES string of the molecule is CC1CC1CC1C=CC=NCC1. The molecule has 1 fully saturated rings. The molecule has 0 radical (unpaired) electrons. The van der Waals surface area contributed by atoms with Gasteiger partial charge in [-0.15, -0.1) is 0 Å². The number of rotatable bonds is 2. The second kappa shape index (κ2) is 3.42. The summed E-state index contributed by atoms with van der Waals surface area (Å²) in [5, 5.41) is 0. The van der Waals surface area contributed by atoms with E-state index in [9.17, 15) is 0 Å². The Kier molecular flexibility index (Phi) is 2.29. The van der Waals surface area contributed by atoms with Crippen molar-refractivity contribution in [2.24, 2.45) is 22.7 Å². The normalized spacial score (nSPS) is 39.6. The lowest BCUT2D eigenvalue weighted by atomic mass is 9.98. The fourth-order valence-electron chi connectivity index (χ4n) is 1.99. The van der Waals surface area contributed by atoms with E-state index in [1.807, 2.05) is 6.21 Å². The van der Waals surface area contributed by atoms with Crippen LogP contribution >= 0.6 is 0 Å². The second-order valence-electron chi connectivity index (χ2n) is 4.20. The summed E-state index contributed by atoms with van der Waals surface area (Å²) in [7, 11) is 0. The van der Waals surface area contributed by atoms with Gasteiger partial charge in [0.15, 0.2) is 0 Å². The van der Waals surface area contributed by atoms with E-state index in [0.29, 0.717) is 0 Å². The van der Waals surface area contributed by atoms with Crippen molar-refractivity contribution in [3.8, 4) is 0 Å². The van der Waals surface area contributed by atoms with Crippen molar-refractivity contribution in [2.75, 3.05) is 6.54 Å². The molecular weight excluding hydrogens is 146 g/mol.